The molecule has 11 heavy (non-hydrogen) atoms. The molecule has 0 saturated heterocycles. The molecule has 0 spiro atoms. The van der Waals surface area contributed by atoms with E-state index in [2.05, 4.69) is 13.8 Å². The van der Waals surface area contributed by atoms with Crippen molar-refractivity contribution in [3.8, 4) is 0 Å². The molecule has 0 heterocycles. The minimum absolute atomic E-state index is 0.208. The Morgan fingerprint density at radius 3 is 2.18 bits per heavy atom. The molecule has 0 bridgehead atoms. The zero-order valence-electron chi connectivity index (χ0n) is 7.54. The molecule has 0 fully saturated rings. The van der Waals surface area contributed by atoms with E-state index in [1.807, 2.05) is 0 Å². The van der Waals surface area contributed by atoms with Crippen molar-refractivity contribution in [3.05, 3.63) is 10.1 Å². The van der Waals surface area contributed by atoms with Gasteiger partial charge in [-0.1, -0.05) is 20.3 Å². The van der Waals surface area contributed by atoms with Crippen molar-refractivity contribution in [2.75, 3.05) is 0 Å². The first-order valence-electron chi connectivity index (χ1n) is 4.17. The Bertz CT molecular complexity index is 123. The van der Waals surface area contributed by atoms with Gasteiger partial charge in [-0.3, -0.25) is 10.1 Å². The molecule has 1 atom stereocenters. The average Bonchev–Trinajstić information content (AvgIpc) is 1.86. The van der Waals surface area contributed by atoms with Crippen molar-refractivity contribution in [1.82, 2.24) is 0 Å². The standard InChI is InChI=1S/C8H17NO2/c1-7(2)5-4-6-8(3)9(10)11/h7-8H,4-6H2,1-3H3. The summed E-state index contributed by atoms with van der Waals surface area (Å²) in [4.78, 5) is 9.97. The molecule has 1 unspecified atom stereocenters. The molecular formula is C8H17NO2. The molecule has 0 aliphatic heterocycles. The number of hydrogen-bond acceptors (Lipinski definition) is 2. The maximum absolute atomic E-state index is 10.2. The number of nitro groups is 1. The van der Waals surface area contributed by atoms with Crippen LogP contribution >= 0.6 is 0 Å². The molecule has 0 amide bonds. The van der Waals surface area contributed by atoms with Gasteiger partial charge >= 0.3 is 0 Å². The quantitative estimate of drug-likeness (QED) is 0.457. The second-order valence-corrected chi connectivity index (χ2v) is 3.46. The third-order valence-corrected chi connectivity index (χ3v) is 1.76. The lowest BCUT2D eigenvalue weighted by Gasteiger charge is -2.05. The Labute approximate surface area is 67.9 Å². The molecule has 0 aromatic heterocycles. The summed E-state index contributed by atoms with van der Waals surface area (Å²) in [5.41, 5.74) is 0. The van der Waals surface area contributed by atoms with E-state index < -0.39 is 0 Å². The summed E-state index contributed by atoms with van der Waals surface area (Å²) >= 11 is 0. The van der Waals surface area contributed by atoms with Crippen LogP contribution in [-0.4, -0.2) is 11.0 Å². The van der Waals surface area contributed by atoms with Gasteiger partial charge in [0.05, 0.1) is 0 Å². The molecule has 0 saturated carbocycles. The predicted octanol–water partition coefficient (Wildman–Crippen LogP) is 2.48. The third kappa shape index (κ3) is 5.83. The predicted molar refractivity (Wildman–Crippen MR) is 45.1 cm³/mol. The number of rotatable bonds is 5. The van der Waals surface area contributed by atoms with Crippen LogP contribution in [0.2, 0.25) is 0 Å². The van der Waals surface area contributed by atoms with Crippen LogP contribution in [0.5, 0.6) is 0 Å². The van der Waals surface area contributed by atoms with Crippen LogP contribution < -0.4 is 0 Å². The SMILES string of the molecule is CC(C)CCCC(C)[N+](=O)[O-]. The van der Waals surface area contributed by atoms with Gasteiger partial charge in [0.25, 0.3) is 0 Å². The topological polar surface area (TPSA) is 43.1 Å². The van der Waals surface area contributed by atoms with E-state index in [1.54, 1.807) is 6.92 Å². The van der Waals surface area contributed by atoms with Gasteiger partial charge in [0, 0.05) is 18.3 Å². The van der Waals surface area contributed by atoms with Gasteiger partial charge in [0.2, 0.25) is 6.04 Å². The van der Waals surface area contributed by atoms with Crippen molar-refractivity contribution >= 4 is 0 Å². The van der Waals surface area contributed by atoms with Gasteiger partial charge in [0.15, 0.2) is 0 Å². The maximum Gasteiger partial charge on any atom is 0.210 e. The van der Waals surface area contributed by atoms with Crippen molar-refractivity contribution in [2.45, 2.75) is 46.1 Å². The molecule has 66 valence electrons. The van der Waals surface area contributed by atoms with E-state index in [0.717, 1.165) is 12.8 Å². The van der Waals surface area contributed by atoms with Gasteiger partial charge in [0.1, 0.15) is 0 Å². The molecule has 0 rings (SSSR count). The fraction of sp³-hybridized carbons (Fsp3) is 1.00. The fourth-order valence-corrected chi connectivity index (χ4v) is 0.927. The zero-order chi connectivity index (χ0) is 8.85. The van der Waals surface area contributed by atoms with Crippen molar-refractivity contribution in [1.29, 1.82) is 0 Å². The van der Waals surface area contributed by atoms with Crippen LogP contribution in [-0.2, 0) is 0 Å². The Morgan fingerprint density at radius 1 is 1.27 bits per heavy atom. The number of nitrogens with zero attached hydrogens (tertiary/aromatic N) is 1. The highest BCUT2D eigenvalue weighted by atomic mass is 16.6. The number of hydrogen-bond donors (Lipinski definition) is 0. The van der Waals surface area contributed by atoms with Gasteiger partial charge in [-0.2, -0.15) is 0 Å². The zero-order valence-corrected chi connectivity index (χ0v) is 7.54. The van der Waals surface area contributed by atoms with Crippen LogP contribution in [0.4, 0.5) is 0 Å². The fourth-order valence-electron chi connectivity index (χ4n) is 0.927. The van der Waals surface area contributed by atoms with Gasteiger partial charge in [-0.05, 0) is 12.3 Å². The third-order valence-electron chi connectivity index (χ3n) is 1.76. The van der Waals surface area contributed by atoms with Crippen molar-refractivity contribution in [2.24, 2.45) is 5.92 Å². The highest BCUT2D eigenvalue weighted by Crippen LogP contribution is 2.09. The van der Waals surface area contributed by atoms with Crippen molar-refractivity contribution in [3.63, 3.8) is 0 Å². The lowest BCUT2D eigenvalue weighted by Crippen LogP contribution is -2.14. The first-order valence-corrected chi connectivity index (χ1v) is 4.17. The average molecular weight is 159 g/mol. The second-order valence-electron chi connectivity index (χ2n) is 3.46. The van der Waals surface area contributed by atoms with Crippen LogP contribution in [0.25, 0.3) is 0 Å². The van der Waals surface area contributed by atoms with Crippen LogP contribution in [0.15, 0.2) is 0 Å². The van der Waals surface area contributed by atoms with E-state index in [9.17, 15) is 10.1 Å². The van der Waals surface area contributed by atoms with E-state index in [4.69, 9.17) is 0 Å². The first-order chi connectivity index (χ1) is 5.04. The highest BCUT2D eigenvalue weighted by molar-refractivity contribution is 4.51. The monoisotopic (exact) mass is 159 g/mol. The molecule has 0 aromatic carbocycles. The molecule has 0 aliphatic carbocycles. The van der Waals surface area contributed by atoms with E-state index >= 15 is 0 Å². The summed E-state index contributed by atoms with van der Waals surface area (Å²) in [6.45, 7) is 5.94. The first kappa shape index (κ1) is 10.4. The van der Waals surface area contributed by atoms with Crippen molar-refractivity contribution < 1.29 is 4.92 Å². The summed E-state index contributed by atoms with van der Waals surface area (Å²) < 4.78 is 0. The molecule has 3 nitrogen and oxygen atoms in total. The molecule has 3 heteroatoms. The molecular weight excluding hydrogens is 142 g/mol. The van der Waals surface area contributed by atoms with E-state index in [1.165, 1.54) is 0 Å². The molecule has 0 N–H and O–H groups in total. The summed E-state index contributed by atoms with van der Waals surface area (Å²) in [6, 6.07) is -0.367. The smallest absolute Gasteiger partial charge is 0.210 e. The lowest BCUT2D eigenvalue weighted by molar-refractivity contribution is -0.519. The van der Waals surface area contributed by atoms with E-state index in [0.29, 0.717) is 12.3 Å². The van der Waals surface area contributed by atoms with Gasteiger partial charge < -0.3 is 0 Å². The minimum atomic E-state index is -0.367. The van der Waals surface area contributed by atoms with Crippen LogP contribution in [0.3, 0.4) is 0 Å². The Morgan fingerprint density at radius 2 is 1.82 bits per heavy atom. The molecule has 0 radical (unpaired) electrons. The highest BCUT2D eigenvalue weighted by Gasteiger charge is 2.11. The van der Waals surface area contributed by atoms with Gasteiger partial charge in [-0.25, -0.2) is 0 Å². The van der Waals surface area contributed by atoms with Crippen LogP contribution in [0.1, 0.15) is 40.0 Å². The molecule has 0 aliphatic rings. The summed E-state index contributed by atoms with van der Waals surface area (Å²) in [7, 11) is 0. The van der Waals surface area contributed by atoms with Crippen LogP contribution in [0, 0.1) is 16.0 Å². The maximum atomic E-state index is 10.2. The summed E-state index contributed by atoms with van der Waals surface area (Å²) in [5.74, 6) is 0.661. The Balaban J connectivity index is 3.31. The second kappa shape index (κ2) is 5.10. The largest absolute Gasteiger partial charge is 0.264 e. The lowest BCUT2D eigenvalue weighted by atomic mass is 10.0. The molecule has 0 aromatic rings. The van der Waals surface area contributed by atoms with Gasteiger partial charge in [-0.15, -0.1) is 0 Å². The normalized spacial score (nSPS) is 13.5. The van der Waals surface area contributed by atoms with E-state index in [-0.39, 0.29) is 11.0 Å². The summed E-state index contributed by atoms with van der Waals surface area (Å²) in [5, 5.41) is 10.2. The minimum Gasteiger partial charge on any atom is -0.264 e. The Kier molecular flexibility index (Phi) is 4.83. The summed E-state index contributed by atoms with van der Waals surface area (Å²) in [6.07, 6.45) is 2.78. The Hall–Kier alpha value is -0.600.